The highest BCUT2D eigenvalue weighted by Gasteiger charge is 2.16. The molecule has 152 valence electrons. The molecule has 1 aliphatic heterocycles. The number of rotatable bonds is 5. The highest BCUT2D eigenvalue weighted by atomic mass is 19.1. The zero-order valence-corrected chi connectivity index (χ0v) is 17.0. The van der Waals surface area contributed by atoms with Gasteiger partial charge in [-0.1, -0.05) is 6.92 Å². The molecule has 1 aliphatic rings. The van der Waals surface area contributed by atoms with E-state index in [1.165, 1.54) is 17.8 Å². The van der Waals surface area contributed by atoms with Crippen LogP contribution in [-0.4, -0.2) is 48.5 Å². The number of amides is 1. The summed E-state index contributed by atoms with van der Waals surface area (Å²) in [6, 6.07) is 12.6. The number of nitrogens with one attached hydrogen (secondary N) is 2. The first-order valence-electron chi connectivity index (χ1n) is 10.2. The molecule has 0 unspecified atom stereocenters. The summed E-state index contributed by atoms with van der Waals surface area (Å²) in [6.45, 7) is 9.42. The molecule has 29 heavy (non-hydrogen) atoms. The smallest absolute Gasteiger partial charge is 0.228 e. The minimum absolute atomic E-state index is 0.109. The number of halogens is 1. The number of piperazine rings is 1. The topological polar surface area (TPSA) is 51.4 Å². The molecule has 3 aromatic rings. The molecule has 0 atom stereocenters. The van der Waals surface area contributed by atoms with Crippen LogP contribution in [0.25, 0.3) is 10.9 Å². The Kier molecular flexibility index (Phi) is 5.53. The fourth-order valence-electron chi connectivity index (χ4n) is 4.03. The fraction of sp³-hybridized carbons (Fsp3) is 0.348. The number of aromatic amines is 1. The van der Waals surface area contributed by atoms with E-state index in [2.05, 4.69) is 39.2 Å². The molecule has 0 bridgehead atoms. The van der Waals surface area contributed by atoms with Gasteiger partial charge in [0, 0.05) is 54.2 Å². The molecule has 1 fully saturated rings. The lowest BCUT2D eigenvalue weighted by Crippen LogP contribution is -2.46. The van der Waals surface area contributed by atoms with Gasteiger partial charge in [0.2, 0.25) is 5.91 Å². The Labute approximate surface area is 170 Å². The summed E-state index contributed by atoms with van der Waals surface area (Å²) in [5, 5.41) is 3.72. The van der Waals surface area contributed by atoms with E-state index in [0.717, 1.165) is 60.6 Å². The molecule has 0 radical (unpaired) electrons. The van der Waals surface area contributed by atoms with Crippen LogP contribution in [0.2, 0.25) is 0 Å². The van der Waals surface area contributed by atoms with Gasteiger partial charge in [0.05, 0.1) is 6.42 Å². The lowest BCUT2D eigenvalue weighted by atomic mass is 10.1. The van der Waals surface area contributed by atoms with Gasteiger partial charge in [-0.2, -0.15) is 0 Å². The number of anilines is 2. The van der Waals surface area contributed by atoms with Crippen molar-refractivity contribution in [3.05, 3.63) is 59.5 Å². The Morgan fingerprint density at radius 3 is 2.52 bits per heavy atom. The number of likely N-dealkylation sites (N-methyl/N-ethyl adjacent to an activating group) is 1. The van der Waals surface area contributed by atoms with Crippen LogP contribution in [0.5, 0.6) is 0 Å². The van der Waals surface area contributed by atoms with Gasteiger partial charge in [-0.15, -0.1) is 0 Å². The Morgan fingerprint density at radius 2 is 1.83 bits per heavy atom. The molecule has 5 nitrogen and oxygen atoms in total. The van der Waals surface area contributed by atoms with Crippen molar-refractivity contribution in [1.29, 1.82) is 0 Å². The fourth-order valence-corrected chi connectivity index (χ4v) is 4.03. The zero-order valence-electron chi connectivity index (χ0n) is 17.0. The number of carbonyl (C=O) groups excluding carboxylic acids is 1. The van der Waals surface area contributed by atoms with Crippen LogP contribution in [0.15, 0.2) is 42.5 Å². The van der Waals surface area contributed by atoms with E-state index in [4.69, 9.17) is 0 Å². The number of hydrogen-bond donors (Lipinski definition) is 2. The Hall–Kier alpha value is -2.86. The summed E-state index contributed by atoms with van der Waals surface area (Å²) < 4.78 is 13.6. The normalized spacial score (nSPS) is 15.1. The molecule has 0 saturated carbocycles. The molecule has 0 spiro atoms. The van der Waals surface area contributed by atoms with Crippen LogP contribution in [0.4, 0.5) is 15.8 Å². The van der Waals surface area contributed by atoms with Crippen LogP contribution in [0, 0.1) is 12.7 Å². The van der Waals surface area contributed by atoms with Gasteiger partial charge < -0.3 is 20.1 Å². The summed E-state index contributed by atoms with van der Waals surface area (Å²) in [7, 11) is 0. The average Bonchev–Trinajstić information content (AvgIpc) is 3.03. The van der Waals surface area contributed by atoms with E-state index in [1.807, 2.05) is 19.1 Å². The SMILES string of the molecule is CCN1CCN(c2ccc(NC(=O)Cc3c(C)[nH]c4ccc(F)cc34)cc2)CC1. The van der Waals surface area contributed by atoms with E-state index in [1.54, 1.807) is 6.07 Å². The molecule has 2 aromatic carbocycles. The summed E-state index contributed by atoms with van der Waals surface area (Å²) >= 11 is 0. The minimum atomic E-state index is -0.298. The van der Waals surface area contributed by atoms with Crippen molar-refractivity contribution in [3.8, 4) is 0 Å². The molecular weight excluding hydrogens is 367 g/mol. The first kappa shape index (κ1) is 19.5. The van der Waals surface area contributed by atoms with Crippen molar-refractivity contribution in [2.75, 3.05) is 42.9 Å². The number of aryl methyl sites for hydroxylation is 1. The molecule has 2 N–H and O–H groups in total. The van der Waals surface area contributed by atoms with Gasteiger partial charge in [-0.05, 0) is 61.5 Å². The van der Waals surface area contributed by atoms with Crippen molar-refractivity contribution in [1.82, 2.24) is 9.88 Å². The quantitative estimate of drug-likeness (QED) is 0.689. The molecule has 0 aliphatic carbocycles. The van der Waals surface area contributed by atoms with E-state index >= 15 is 0 Å². The number of fused-ring (bicyclic) bond motifs is 1. The molecule has 4 rings (SSSR count). The largest absolute Gasteiger partial charge is 0.369 e. The van der Waals surface area contributed by atoms with E-state index < -0.39 is 0 Å². The van der Waals surface area contributed by atoms with Gasteiger partial charge >= 0.3 is 0 Å². The summed E-state index contributed by atoms with van der Waals surface area (Å²) in [6.07, 6.45) is 0.204. The predicted molar refractivity (Wildman–Crippen MR) is 116 cm³/mol. The number of aromatic nitrogens is 1. The van der Waals surface area contributed by atoms with Gasteiger partial charge in [0.15, 0.2) is 0 Å². The number of hydrogen-bond acceptors (Lipinski definition) is 3. The maximum atomic E-state index is 13.6. The third-order valence-electron chi connectivity index (χ3n) is 5.75. The second-order valence-corrected chi connectivity index (χ2v) is 7.61. The Morgan fingerprint density at radius 1 is 1.10 bits per heavy atom. The second-order valence-electron chi connectivity index (χ2n) is 7.61. The maximum absolute atomic E-state index is 13.6. The van der Waals surface area contributed by atoms with Crippen LogP contribution < -0.4 is 10.2 Å². The van der Waals surface area contributed by atoms with Crippen molar-refractivity contribution in [2.45, 2.75) is 20.3 Å². The second kappa shape index (κ2) is 8.25. The minimum Gasteiger partial charge on any atom is -0.369 e. The maximum Gasteiger partial charge on any atom is 0.228 e. The monoisotopic (exact) mass is 394 g/mol. The van der Waals surface area contributed by atoms with Gasteiger partial charge in [0.1, 0.15) is 5.82 Å². The lowest BCUT2D eigenvalue weighted by Gasteiger charge is -2.35. The molecule has 6 heteroatoms. The van der Waals surface area contributed by atoms with Crippen LogP contribution in [-0.2, 0) is 11.2 Å². The third-order valence-corrected chi connectivity index (χ3v) is 5.75. The Bertz CT molecular complexity index is 1000. The van der Waals surface area contributed by atoms with Gasteiger partial charge in [0.25, 0.3) is 0 Å². The number of benzene rings is 2. The third kappa shape index (κ3) is 4.27. The summed E-state index contributed by atoms with van der Waals surface area (Å²) in [5.41, 5.74) is 4.53. The van der Waals surface area contributed by atoms with Crippen LogP contribution >= 0.6 is 0 Å². The first-order chi connectivity index (χ1) is 14.0. The van der Waals surface area contributed by atoms with Crippen molar-refractivity contribution in [3.63, 3.8) is 0 Å². The highest BCUT2D eigenvalue weighted by Crippen LogP contribution is 2.24. The number of nitrogens with zero attached hydrogens (tertiary/aromatic N) is 2. The van der Waals surface area contributed by atoms with Crippen LogP contribution in [0.3, 0.4) is 0 Å². The van der Waals surface area contributed by atoms with Crippen molar-refractivity contribution >= 4 is 28.2 Å². The van der Waals surface area contributed by atoms with E-state index in [9.17, 15) is 9.18 Å². The standard InChI is InChI=1S/C23H27FN4O/c1-3-27-10-12-28(13-11-27)19-7-5-18(6-8-19)26-23(29)15-20-16(2)25-22-9-4-17(24)14-21(20)22/h4-9,14,25H,3,10-13,15H2,1-2H3,(H,26,29). The average molecular weight is 394 g/mol. The van der Waals surface area contributed by atoms with Crippen molar-refractivity contribution in [2.24, 2.45) is 0 Å². The molecular formula is C23H27FN4O. The summed E-state index contributed by atoms with van der Waals surface area (Å²) in [4.78, 5) is 20.6. The Balaban J connectivity index is 1.40. The van der Waals surface area contributed by atoms with Gasteiger partial charge in [-0.3, -0.25) is 4.79 Å². The molecule has 1 aromatic heterocycles. The molecule has 1 saturated heterocycles. The highest BCUT2D eigenvalue weighted by molar-refractivity contribution is 5.96. The molecule has 2 heterocycles. The van der Waals surface area contributed by atoms with E-state index in [-0.39, 0.29) is 18.1 Å². The summed E-state index contributed by atoms with van der Waals surface area (Å²) in [5.74, 6) is -0.406. The predicted octanol–water partition coefficient (Wildman–Crippen LogP) is 3.94. The number of H-pyrrole nitrogens is 1. The first-order valence-corrected chi connectivity index (χ1v) is 10.2. The zero-order chi connectivity index (χ0) is 20.4. The van der Waals surface area contributed by atoms with Crippen LogP contribution in [0.1, 0.15) is 18.2 Å². The number of carbonyl (C=O) groups is 1. The molecule has 1 amide bonds. The van der Waals surface area contributed by atoms with Crippen molar-refractivity contribution < 1.29 is 9.18 Å². The lowest BCUT2D eigenvalue weighted by molar-refractivity contribution is -0.115. The van der Waals surface area contributed by atoms with E-state index in [0.29, 0.717) is 0 Å². The van der Waals surface area contributed by atoms with Gasteiger partial charge in [-0.25, -0.2) is 4.39 Å².